The van der Waals surface area contributed by atoms with Crippen LogP contribution < -0.4 is 0 Å². The van der Waals surface area contributed by atoms with Gasteiger partial charge in [0.05, 0.1) is 0 Å². The molecule has 1 fully saturated rings. The lowest BCUT2D eigenvalue weighted by Gasteiger charge is -2.41. The minimum Gasteiger partial charge on any atom is -0.299 e. The van der Waals surface area contributed by atoms with Crippen LogP contribution in [0.4, 0.5) is 0 Å². The summed E-state index contributed by atoms with van der Waals surface area (Å²) >= 11 is 0. The lowest BCUT2D eigenvalue weighted by Crippen LogP contribution is -2.42. The fraction of sp³-hybridized carbons (Fsp3) is 0.917. The first kappa shape index (κ1) is 10.7. The van der Waals surface area contributed by atoms with Gasteiger partial charge in [-0.05, 0) is 30.6 Å². The van der Waals surface area contributed by atoms with E-state index < -0.39 is 0 Å². The van der Waals surface area contributed by atoms with Crippen LogP contribution in [0.3, 0.4) is 0 Å². The van der Waals surface area contributed by atoms with Gasteiger partial charge in [-0.3, -0.25) is 4.79 Å². The van der Waals surface area contributed by atoms with Crippen LogP contribution in [0.15, 0.2) is 0 Å². The second-order valence-electron chi connectivity index (χ2n) is 5.52. The van der Waals surface area contributed by atoms with Crippen molar-refractivity contribution in [3.8, 4) is 0 Å². The highest BCUT2D eigenvalue weighted by molar-refractivity contribution is 5.83. The molecule has 1 saturated carbocycles. The standard InChI is InChI=1S/C12H22O/c1-8-7-9(2)12(6,10(3)13)11(8,4)5/h8-9H,7H2,1-6H3/t8-,9-,12-/m1/s1. The molecule has 0 N–H and O–H groups in total. The molecule has 0 aromatic carbocycles. The van der Waals surface area contributed by atoms with Gasteiger partial charge in [0.1, 0.15) is 5.78 Å². The Morgan fingerprint density at radius 2 is 1.62 bits per heavy atom. The van der Waals surface area contributed by atoms with Crippen molar-refractivity contribution in [2.45, 2.75) is 48.0 Å². The average molecular weight is 182 g/mol. The molecule has 3 atom stereocenters. The lowest BCUT2D eigenvalue weighted by atomic mass is 9.62. The molecule has 0 amide bonds. The van der Waals surface area contributed by atoms with E-state index >= 15 is 0 Å². The molecule has 0 bridgehead atoms. The van der Waals surface area contributed by atoms with E-state index in [1.165, 1.54) is 6.42 Å². The van der Waals surface area contributed by atoms with Gasteiger partial charge in [-0.2, -0.15) is 0 Å². The van der Waals surface area contributed by atoms with Crippen LogP contribution in [0.2, 0.25) is 0 Å². The van der Waals surface area contributed by atoms with E-state index in [0.29, 0.717) is 17.6 Å². The highest BCUT2D eigenvalue weighted by Crippen LogP contribution is 2.59. The molecule has 0 aliphatic heterocycles. The van der Waals surface area contributed by atoms with Crippen LogP contribution in [0, 0.1) is 22.7 Å². The third-order valence-corrected chi connectivity index (χ3v) is 4.99. The van der Waals surface area contributed by atoms with Crippen LogP contribution in [-0.4, -0.2) is 5.78 Å². The van der Waals surface area contributed by atoms with Crippen molar-refractivity contribution in [1.29, 1.82) is 0 Å². The van der Waals surface area contributed by atoms with Gasteiger partial charge in [0, 0.05) is 5.41 Å². The van der Waals surface area contributed by atoms with Gasteiger partial charge in [0.2, 0.25) is 0 Å². The van der Waals surface area contributed by atoms with Gasteiger partial charge in [-0.25, -0.2) is 0 Å². The molecule has 1 rings (SSSR count). The topological polar surface area (TPSA) is 17.1 Å². The summed E-state index contributed by atoms with van der Waals surface area (Å²) in [5.74, 6) is 1.53. The monoisotopic (exact) mass is 182 g/mol. The Kier molecular flexibility index (Phi) is 2.34. The quantitative estimate of drug-likeness (QED) is 0.608. The first-order chi connectivity index (χ1) is 5.74. The molecule has 0 aromatic rings. The van der Waals surface area contributed by atoms with E-state index in [-0.39, 0.29) is 10.8 Å². The molecule has 1 nitrogen and oxygen atoms in total. The number of carbonyl (C=O) groups is 1. The van der Waals surface area contributed by atoms with Gasteiger partial charge in [0.25, 0.3) is 0 Å². The second kappa shape index (κ2) is 2.83. The number of hydrogen-bond acceptors (Lipinski definition) is 1. The van der Waals surface area contributed by atoms with Crippen molar-refractivity contribution in [2.24, 2.45) is 22.7 Å². The summed E-state index contributed by atoms with van der Waals surface area (Å²) in [5, 5.41) is 0. The Hall–Kier alpha value is -0.330. The molecule has 0 aromatic heterocycles. The molecule has 13 heavy (non-hydrogen) atoms. The van der Waals surface area contributed by atoms with Crippen molar-refractivity contribution < 1.29 is 4.79 Å². The molecule has 1 heteroatoms. The molecule has 0 radical (unpaired) electrons. The van der Waals surface area contributed by atoms with Crippen LogP contribution >= 0.6 is 0 Å². The van der Waals surface area contributed by atoms with Gasteiger partial charge in [-0.1, -0.05) is 34.6 Å². The number of ketones is 1. The second-order valence-corrected chi connectivity index (χ2v) is 5.52. The molecule has 76 valence electrons. The smallest absolute Gasteiger partial charge is 0.136 e. The zero-order chi connectivity index (χ0) is 10.4. The first-order valence-corrected chi connectivity index (χ1v) is 5.25. The predicted octanol–water partition coefficient (Wildman–Crippen LogP) is 3.28. The number of Topliss-reactive ketones (excluding diaryl/α,β-unsaturated/α-hetero) is 1. The Morgan fingerprint density at radius 1 is 1.15 bits per heavy atom. The van der Waals surface area contributed by atoms with Crippen molar-refractivity contribution in [3.05, 3.63) is 0 Å². The predicted molar refractivity (Wildman–Crippen MR) is 55.5 cm³/mol. The highest BCUT2D eigenvalue weighted by Gasteiger charge is 2.56. The zero-order valence-electron chi connectivity index (χ0n) is 9.77. The van der Waals surface area contributed by atoms with Crippen LogP contribution in [-0.2, 0) is 4.79 Å². The van der Waals surface area contributed by atoms with Crippen molar-refractivity contribution in [3.63, 3.8) is 0 Å². The minimum atomic E-state index is -0.119. The maximum Gasteiger partial charge on any atom is 0.136 e. The maximum atomic E-state index is 11.7. The molecular formula is C12H22O. The summed E-state index contributed by atoms with van der Waals surface area (Å²) in [5.41, 5.74) is 0.0324. The first-order valence-electron chi connectivity index (χ1n) is 5.25. The zero-order valence-corrected chi connectivity index (χ0v) is 9.77. The lowest BCUT2D eigenvalue weighted by molar-refractivity contribution is -0.133. The van der Waals surface area contributed by atoms with E-state index in [9.17, 15) is 4.79 Å². The van der Waals surface area contributed by atoms with Crippen molar-refractivity contribution >= 4 is 5.78 Å². The highest BCUT2D eigenvalue weighted by atomic mass is 16.1. The minimum absolute atomic E-state index is 0.119. The molecule has 1 aliphatic rings. The number of hydrogen-bond donors (Lipinski definition) is 0. The van der Waals surface area contributed by atoms with Gasteiger partial charge < -0.3 is 0 Å². The Morgan fingerprint density at radius 3 is 1.77 bits per heavy atom. The summed E-state index contributed by atoms with van der Waals surface area (Å²) in [4.78, 5) is 11.7. The van der Waals surface area contributed by atoms with E-state index in [1.807, 2.05) is 0 Å². The molecule has 1 aliphatic carbocycles. The largest absolute Gasteiger partial charge is 0.299 e. The molecule has 0 heterocycles. The van der Waals surface area contributed by atoms with E-state index in [0.717, 1.165) is 0 Å². The molecule has 0 spiro atoms. The van der Waals surface area contributed by atoms with Crippen molar-refractivity contribution in [2.75, 3.05) is 0 Å². The van der Waals surface area contributed by atoms with Gasteiger partial charge in [0.15, 0.2) is 0 Å². The Balaban J connectivity index is 3.14. The fourth-order valence-electron chi connectivity index (χ4n) is 3.01. The fourth-order valence-corrected chi connectivity index (χ4v) is 3.01. The summed E-state index contributed by atoms with van der Waals surface area (Å²) in [6.07, 6.45) is 1.18. The molecule has 0 unspecified atom stereocenters. The third-order valence-electron chi connectivity index (χ3n) is 4.99. The van der Waals surface area contributed by atoms with Crippen LogP contribution in [0.1, 0.15) is 48.0 Å². The Labute approximate surface area is 81.9 Å². The van der Waals surface area contributed by atoms with Crippen LogP contribution in [0.25, 0.3) is 0 Å². The summed E-state index contributed by atoms with van der Waals surface area (Å²) in [7, 11) is 0. The van der Waals surface area contributed by atoms with Crippen LogP contribution in [0.5, 0.6) is 0 Å². The van der Waals surface area contributed by atoms with E-state index in [1.54, 1.807) is 6.92 Å². The average Bonchev–Trinajstić information content (AvgIpc) is 2.13. The number of carbonyl (C=O) groups excluding carboxylic acids is 1. The Bertz CT molecular complexity index is 229. The molecule has 0 saturated heterocycles. The maximum absolute atomic E-state index is 11.7. The van der Waals surface area contributed by atoms with Gasteiger partial charge >= 0.3 is 0 Å². The summed E-state index contributed by atoms with van der Waals surface area (Å²) < 4.78 is 0. The SMILES string of the molecule is CC(=O)[C@@]1(C)[C@H](C)C[C@@H](C)C1(C)C. The normalized spacial score (nSPS) is 43.5. The summed E-state index contributed by atoms with van der Waals surface area (Å²) in [6, 6.07) is 0. The van der Waals surface area contributed by atoms with Gasteiger partial charge in [-0.15, -0.1) is 0 Å². The third kappa shape index (κ3) is 1.16. The molecular weight excluding hydrogens is 160 g/mol. The van der Waals surface area contributed by atoms with Crippen molar-refractivity contribution in [1.82, 2.24) is 0 Å². The van der Waals surface area contributed by atoms with E-state index in [4.69, 9.17) is 0 Å². The summed E-state index contributed by atoms with van der Waals surface area (Å²) in [6.45, 7) is 12.8. The van der Waals surface area contributed by atoms with E-state index in [2.05, 4.69) is 34.6 Å². The number of rotatable bonds is 1.